The molecule has 1 aliphatic heterocycles. The molecule has 0 radical (unpaired) electrons. The molecular weight excluding hydrogens is 240 g/mol. The van der Waals surface area contributed by atoms with Gasteiger partial charge in [0.25, 0.3) is 5.56 Å². The fourth-order valence-electron chi connectivity index (χ4n) is 2.50. The fourth-order valence-corrected chi connectivity index (χ4v) is 2.50. The number of hydrogen-bond acceptors (Lipinski definition) is 4. The van der Waals surface area contributed by atoms with Gasteiger partial charge in [-0.2, -0.15) is 10.4 Å². The van der Waals surface area contributed by atoms with Gasteiger partial charge in [-0.25, -0.2) is 4.68 Å². The Kier molecular flexibility index (Phi) is 4.56. The molecule has 1 unspecified atom stereocenters. The van der Waals surface area contributed by atoms with Crippen LogP contribution in [0.2, 0.25) is 0 Å². The van der Waals surface area contributed by atoms with Crippen LogP contribution in [-0.4, -0.2) is 22.9 Å². The van der Waals surface area contributed by atoms with Crippen molar-refractivity contribution in [3.8, 4) is 6.07 Å². The van der Waals surface area contributed by atoms with E-state index in [0.717, 1.165) is 18.8 Å². The molecule has 1 aromatic heterocycles. The Labute approximate surface area is 113 Å². The summed E-state index contributed by atoms with van der Waals surface area (Å²) in [5.74, 6) is 0.673. The summed E-state index contributed by atoms with van der Waals surface area (Å²) >= 11 is 0. The molecule has 0 aliphatic carbocycles. The number of aromatic nitrogens is 2. The second-order valence-corrected chi connectivity index (χ2v) is 5.23. The van der Waals surface area contributed by atoms with E-state index in [1.165, 1.54) is 17.5 Å². The molecule has 1 aromatic rings. The number of anilines is 1. The molecule has 1 aliphatic rings. The average Bonchev–Trinajstić information content (AvgIpc) is 2.41. The minimum Gasteiger partial charge on any atom is -0.370 e. The highest BCUT2D eigenvalue weighted by Crippen LogP contribution is 2.20. The van der Waals surface area contributed by atoms with Crippen LogP contribution in [0.3, 0.4) is 0 Å². The standard InChI is InChI=1S/C14H20N4O/c1-12-5-4-7-17(11-12)13-9-14(19)18(16-10-13)8-3-2-6-15/h9-10,12H,2-5,7-8,11H2,1H3. The first-order chi connectivity index (χ1) is 9.20. The maximum atomic E-state index is 11.9. The number of nitriles is 1. The molecule has 0 aromatic carbocycles. The minimum absolute atomic E-state index is 0.0753. The fraction of sp³-hybridized carbons (Fsp3) is 0.643. The second kappa shape index (κ2) is 6.37. The third-order valence-electron chi connectivity index (χ3n) is 3.54. The molecule has 2 rings (SSSR count). The van der Waals surface area contributed by atoms with Crippen LogP contribution in [0.15, 0.2) is 17.1 Å². The van der Waals surface area contributed by atoms with Gasteiger partial charge < -0.3 is 4.90 Å². The van der Waals surface area contributed by atoms with Crippen molar-refractivity contribution in [3.63, 3.8) is 0 Å². The Morgan fingerprint density at radius 1 is 1.58 bits per heavy atom. The monoisotopic (exact) mass is 260 g/mol. The summed E-state index contributed by atoms with van der Waals surface area (Å²) in [4.78, 5) is 14.2. The molecule has 1 fully saturated rings. The van der Waals surface area contributed by atoms with Crippen molar-refractivity contribution >= 4 is 5.69 Å². The summed E-state index contributed by atoms with van der Waals surface area (Å²) in [6, 6.07) is 3.74. The SMILES string of the molecule is CC1CCCN(c2cnn(CCCC#N)c(=O)c2)C1. The number of rotatable bonds is 4. The zero-order valence-corrected chi connectivity index (χ0v) is 11.4. The number of aryl methyl sites for hydroxylation is 1. The van der Waals surface area contributed by atoms with Gasteiger partial charge in [0.15, 0.2) is 0 Å². The molecule has 0 spiro atoms. The van der Waals surface area contributed by atoms with Crippen LogP contribution >= 0.6 is 0 Å². The summed E-state index contributed by atoms with van der Waals surface area (Å²) in [5.41, 5.74) is 0.849. The van der Waals surface area contributed by atoms with E-state index >= 15 is 0 Å². The molecule has 5 heteroatoms. The molecule has 5 nitrogen and oxygen atoms in total. The zero-order valence-electron chi connectivity index (χ0n) is 11.4. The second-order valence-electron chi connectivity index (χ2n) is 5.23. The quantitative estimate of drug-likeness (QED) is 0.774. The number of unbranched alkanes of at least 4 members (excludes halogenated alkanes) is 1. The van der Waals surface area contributed by atoms with Crippen molar-refractivity contribution in [2.45, 2.75) is 39.2 Å². The van der Waals surface area contributed by atoms with E-state index in [-0.39, 0.29) is 5.56 Å². The van der Waals surface area contributed by atoms with Crippen molar-refractivity contribution in [1.82, 2.24) is 9.78 Å². The van der Waals surface area contributed by atoms with Crippen LogP contribution in [0, 0.1) is 17.2 Å². The number of piperidine rings is 1. The molecular formula is C14H20N4O. The van der Waals surface area contributed by atoms with Crippen molar-refractivity contribution < 1.29 is 0 Å². The van der Waals surface area contributed by atoms with Gasteiger partial charge in [0.1, 0.15) is 0 Å². The van der Waals surface area contributed by atoms with Crippen LogP contribution in [0.25, 0.3) is 0 Å². The smallest absolute Gasteiger partial charge is 0.268 e. The Balaban J connectivity index is 2.06. The summed E-state index contributed by atoms with van der Waals surface area (Å²) in [6.07, 6.45) is 5.33. The lowest BCUT2D eigenvalue weighted by Crippen LogP contribution is -2.35. The third-order valence-corrected chi connectivity index (χ3v) is 3.54. The molecule has 0 bridgehead atoms. The van der Waals surface area contributed by atoms with Gasteiger partial charge in [-0.05, 0) is 25.2 Å². The predicted molar refractivity (Wildman–Crippen MR) is 74.0 cm³/mol. The Hall–Kier alpha value is -1.83. The van der Waals surface area contributed by atoms with Crippen LogP contribution in [0.4, 0.5) is 5.69 Å². The van der Waals surface area contributed by atoms with E-state index in [1.807, 2.05) is 0 Å². The maximum absolute atomic E-state index is 11.9. The molecule has 1 saturated heterocycles. The Morgan fingerprint density at radius 2 is 2.42 bits per heavy atom. The van der Waals surface area contributed by atoms with Crippen molar-refractivity contribution in [2.75, 3.05) is 18.0 Å². The van der Waals surface area contributed by atoms with Gasteiger partial charge in [-0.3, -0.25) is 4.79 Å². The predicted octanol–water partition coefficient (Wildman–Crippen LogP) is 1.78. The maximum Gasteiger partial charge on any atom is 0.268 e. The van der Waals surface area contributed by atoms with E-state index < -0.39 is 0 Å². The van der Waals surface area contributed by atoms with Gasteiger partial charge in [-0.1, -0.05) is 6.92 Å². The van der Waals surface area contributed by atoms with Crippen LogP contribution < -0.4 is 10.5 Å². The third kappa shape index (κ3) is 3.57. The first kappa shape index (κ1) is 13.6. The van der Waals surface area contributed by atoms with Gasteiger partial charge in [0.05, 0.1) is 18.0 Å². The Bertz CT molecular complexity index is 517. The van der Waals surface area contributed by atoms with Crippen LogP contribution in [0.5, 0.6) is 0 Å². The molecule has 19 heavy (non-hydrogen) atoms. The highest BCUT2D eigenvalue weighted by Gasteiger charge is 2.17. The van der Waals surface area contributed by atoms with E-state index in [1.54, 1.807) is 12.3 Å². The Morgan fingerprint density at radius 3 is 3.11 bits per heavy atom. The van der Waals surface area contributed by atoms with Gasteiger partial charge in [0, 0.05) is 32.1 Å². The van der Waals surface area contributed by atoms with E-state index in [2.05, 4.69) is 23.0 Å². The summed E-state index contributed by atoms with van der Waals surface area (Å²) < 4.78 is 1.44. The molecule has 0 N–H and O–H groups in total. The number of nitrogens with zero attached hydrogens (tertiary/aromatic N) is 4. The zero-order chi connectivity index (χ0) is 13.7. The molecule has 1 atom stereocenters. The van der Waals surface area contributed by atoms with E-state index in [4.69, 9.17) is 5.26 Å². The van der Waals surface area contributed by atoms with Crippen molar-refractivity contribution in [1.29, 1.82) is 5.26 Å². The molecule has 0 saturated carbocycles. The largest absolute Gasteiger partial charge is 0.370 e. The number of hydrogen-bond donors (Lipinski definition) is 0. The van der Waals surface area contributed by atoms with Crippen LogP contribution in [0.1, 0.15) is 32.6 Å². The topological polar surface area (TPSA) is 61.9 Å². The first-order valence-corrected chi connectivity index (χ1v) is 6.90. The molecule has 102 valence electrons. The van der Waals surface area contributed by atoms with Crippen molar-refractivity contribution in [3.05, 3.63) is 22.6 Å². The molecule has 0 amide bonds. The van der Waals surface area contributed by atoms with E-state index in [9.17, 15) is 4.79 Å². The summed E-state index contributed by atoms with van der Waals surface area (Å²) in [6.45, 7) is 4.76. The highest BCUT2D eigenvalue weighted by atomic mass is 16.1. The summed E-state index contributed by atoms with van der Waals surface area (Å²) in [7, 11) is 0. The van der Waals surface area contributed by atoms with Gasteiger partial charge >= 0.3 is 0 Å². The lowest BCUT2D eigenvalue weighted by molar-refractivity contribution is 0.445. The molecule has 2 heterocycles. The van der Waals surface area contributed by atoms with Gasteiger partial charge in [0.2, 0.25) is 0 Å². The highest BCUT2D eigenvalue weighted by molar-refractivity contribution is 5.43. The van der Waals surface area contributed by atoms with Gasteiger partial charge in [-0.15, -0.1) is 0 Å². The normalized spacial score (nSPS) is 19.2. The first-order valence-electron chi connectivity index (χ1n) is 6.90. The lowest BCUT2D eigenvalue weighted by atomic mass is 10.00. The summed E-state index contributed by atoms with van der Waals surface area (Å²) in [5, 5.41) is 12.7. The average molecular weight is 260 g/mol. The lowest BCUT2D eigenvalue weighted by Gasteiger charge is -2.32. The van der Waals surface area contributed by atoms with Crippen LogP contribution in [-0.2, 0) is 6.54 Å². The van der Waals surface area contributed by atoms with E-state index in [0.29, 0.717) is 25.3 Å². The minimum atomic E-state index is -0.0753. The van der Waals surface area contributed by atoms with Crippen molar-refractivity contribution in [2.24, 2.45) is 5.92 Å².